The molecule has 0 rings (SSSR count). The smallest absolute Gasteiger partial charge is 0.0271 e. The number of hydrogen-bond acceptors (Lipinski definition) is 2. The van der Waals surface area contributed by atoms with Gasteiger partial charge in [0, 0.05) is 12.6 Å². The van der Waals surface area contributed by atoms with Gasteiger partial charge in [0.1, 0.15) is 0 Å². The third-order valence-corrected chi connectivity index (χ3v) is 4.73. The van der Waals surface area contributed by atoms with Crippen molar-refractivity contribution in [3.63, 3.8) is 0 Å². The Bertz CT molecular complexity index is 297. The Hall–Kier alpha value is -0.760. The molecule has 0 spiro atoms. The molecular weight excluding hydrogens is 388 g/mol. The summed E-state index contributed by atoms with van der Waals surface area (Å²) in [6.45, 7) is 33.5. The van der Waals surface area contributed by atoms with Gasteiger partial charge in [0.15, 0.2) is 0 Å². The van der Waals surface area contributed by atoms with Crippen molar-refractivity contribution in [2.75, 3.05) is 13.1 Å². The zero-order chi connectivity index (χ0) is 26.0. The van der Waals surface area contributed by atoms with Crippen LogP contribution in [0.25, 0.3) is 0 Å². The summed E-state index contributed by atoms with van der Waals surface area (Å²) in [4.78, 5) is 0. The molecule has 0 fully saturated rings. The highest BCUT2D eigenvalue weighted by atomic mass is 14.9. The third-order valence-electron chi connectivity index (χ3n) is 4.73. The molecule has 0 radical (unpaired) electrons. The minimum Gasteiger partial charge on any atom is -0.391 e. The first-order valence-electron chi connectivity index (χ1n) is 14.1. The van der Waals surface area contributed by atoms with E-state index >= 15 is 0 Å². The Balaban J connectivity index is -0.000000118. The molecule has 0 aromatic carbocycles. The summed E-state index contributed by atoms with van der Waals surface area (Å²) in [6, 6.07) is 0.515. The zero-order valence-electron chi connectivity index (χ0n) is 24.8. The third kappa shape index (κ3) is 47.1. The van der Waals surface area contributed by atoms with Crippen molar-refractivity contribution in [2.24, 2.45) is 5.92 Å². The number of rotatable bonds is 15. The van der Waals surface area contributed by atoms with E-state index in [9.17, 15) is 0 Å². The van der Waals surface area contributed by atoms with E-state index in [1.54, 1.807) is 6.20 Å². The van der Waals surface area contributed by atoms with E-state index in [1.165, 1.54) is 69.8 Å². The summed E-state index contributed by atoms with van der Waals surface area (Å²) < 4.78 is 0. The largest absolute Gasteiger partial charge is 0.391 e. The topological polar surface area (TPSA) is 24.1 Å². The van der Waals surface area contributed by atoms with E-state index in [4.69, 9.17) is 0 Å². The maximum absolute atomic E-state index is 4.03. The Morgan fingerprint density at radius 3 is 1.53 bits per heavy atom. The van der Waals surface area contributed by atoms with Crippen LogP contribution in [0.15, 0.2) is 24.9 Å². The van der Waals surface area contributed by atoms with Crippen LogP contribution in [0.4, 0.5) is 0 Å². The van der Waals surface area contributed by atoms with Gasteiger partial charge in [0.2, 0.25) is 0 Å². The maximum atomic E-state index is 4.03. The number of hydrogen-bond donors (Lipinski definition) is 2. The first-order valence-corrected chi connectivity index (χ1v) is 14.1. The van der Waals surface area contributed by atoms with Gasteiger partial charge in [-0.2, -0.15) is 0 Å². The summed E-state index contributed by atoms with van der Waals surface area (Å²) in [5.41, 5.74) is 1.27. The lowest BCUT2D eigenvalue weighted by Gasteiger charge is -2.21. The molecule has 0 aliphatic rings. The van der Waals surface area contributed by atoms with E-state index in [1.807, 2.05) is 13.8 Å². The van der Waals surface area contributed by atoms with E-state index in [0.29, 0.717) is 6.04 Å². The van der Waals surface area contributed by atoms with Crippen molar-refractivity contribution in [3.8, 4) is 0 Å². The first kappa shape index (κ1) is 41.5. The number of nitrogens with one attached hydrogen (secondary N) is 2. The van der Waals surface area contributed by atoms with E-state index in [0.717, 1.165) is 25.4 Å². The minimum atomic E-state index is 0.515. The molecule has 198 valence electrons. The van der Waals surface area contributed by atoms with Crippen molar-refractivity contribution in [2.45, 2.75) is 153 Å². The molecule has 0 saturated carbocycles. The van der Waals surface area contributed by atoms with Gasteiger partial charge in [-0.3, -0.25) is 0 Å². The molecule has 0 aromatic heterocycles. The normalized spacial score (nSPS) is 10.8. The minimum absolute atomic E-state index is 0.515. The van der Waals surface area contributed by atoms with Crippen LogP contribution in [-0.2, 0) is 0 Å². The van der Waals surface area contributed by atoms with Crippen LogP contribution >= 0.6 is 0 Å². The van der Waals surface area contributed by atoms with Crippen molar-refractivity contribution in [3.05, 3.63) is 24.9 Å². The van der Waals surface area contributed by atoms with Crippen LogP contribution in [0.1, 0.15) is 147 Å². The Labute approximate surface area is 207 Å². The van der Waals surface area contributed by atoms with E-state index < -0.39 is 0 Å². The summed E-state index contributed by atoms with van der Waals surface area (Å²) in [5.74, 6) is 0.846. The highest BCUT2D eigenvalue weighted by Gasteiger charge is 2.10. The average molecular weight is 457 g/mol. The van der Waals surface area contributed by atoms with Crippen LogP contribution < -0.4 is 10.6 Å². The lowest BCUT2D eigenvalue weighted by atomic mass is 9.98. The quantitative estimate of drug-likeness (QED) is 0.189. The van der Waals surface area contributed by atoms with Gasteiger partial charge in [-0.15, -0.1) is 0 Å². The highest BCUT2D eigenvalue weighted by Crippen LogP contribution is 2.12. The van der Waals surface area contributed by atoms with Gasteiger partial charge in [0.05, 0.1) is 0 Å². The molecule has 32 heavy (non-hydrogen) atoms. The second-order valence-electron chi connectivity index (χ2n) is 8.20. The van der Waals surface area contributed by atoms with Crippen LogP contribution in [0.3, 0.4) is 0 Å². The Morgan fingerprint density at radius 2 is 1.25 bits per heavy atom. The fraction of sp³-hybridized carbons (Fsp3) is 0.867. The summed E-state index contributed by atoms with van der Waals surface area (Å²) in [7, 11) is 0. The monoisotopic (exact) mass is 457 g/mol. The molecule has 2 unspecified atom stereocenters. The van der Waals surface area contributed by atoms with Crippen LogP contribution in [0.5, 0.6) is 0 Å². The van der Waals surface area contributed by atoms with Crippen LogP contribution in [-0.4, -0.2) is 19.1 Å². The highest BCUT2D eigenvalue weighted by molar-refractivity contribution is 5.00. The second-order valence-corrected chi connectivity index (χ2v) is 8.20. The predicted molar refractivity (Wildman–Crippen MR) is 156 cm³/mol. The van der Waals surface area contributed by atoms with Crippen molar-refractivity contribution < 1.29 is 0 Å². The fourth-order valence-electron chi connectivity index (χ4n) is 2.65. The molecule has 2 nitrogen and oxygen atoms in total. The van der Waals surface area contributed by atoms with Gasteiger partial charge in [-0.25, -0.2) is 0 Å². The number of unbranched alkanes of at least 4 members (excludes halogenated alkanes) is 4. The molecule has 0 saturated heterocycles. The van der Waals surface area contributed by atoms with Gasteiger partial charge in [-0.05, 0) is 44.8 Å². The average Bonchev–Trinajstić information content (AvgIpc) is 2.80. The second kappa shape index (κ2) is 44.0. The molecular formula is C30H68N2. The predicted octanol–water partition coefficient (Wildman–Crippen LogP) is 10.3. The fourth-order valence-corrected chi connectivity index (χ4v) is 2.65. The first-order chi connectivity index (χ1) is 15.4. The lowest BCUT2D eigenvalue weighted by Crippen LogP contribution is -2.33. The van der Waals surface area contributed by atoms with Gasteiger partial charge in [0.25, 0.3) is 0 Å². The standard InChI is InChI=1S/C14H29N.C6H13N.C5H12.C3H8.C2H6/c1-6-9-10-13(7-2)11-15-14(8-3)12(4)5;1-3-5-6-7-4-2;1-3-5-4-2;1-3-2;1-2/h13-15H,4,6-11H2,1-3,5H3;4,7H,2-3,5-6H2,1H3;3-5H2,1-2H3;3H2,1-2H3;1-2H3. The zero-order valence-corrected chi connectivity index (χ0v) is 24.8. The van der Waals surface area contributed by atoms with Gasteiger partial charge >= 0.3 is 0 Å². The molecule has 0 amide bonds. The lowest BCUT2D eigenvalue weighted by molar-refractivity contribution is 0.398. The molecule has 2 atom stereocenters. The molecule has 0 aliphatic heterocycles. The maximum Gasteiger partial charge on any atom is 0.0271 e. The molecule has 0 aliphatic carbocycles. The summed E-state index contributed by atoms with van der Waals surface area (Å²) in [6.07, 6.45) is 16.0. The van der Waals surface area contributed by atoms with Crippen LogP contribution in [0.2, 0.25) is 0 Å². The molecule has 0 aromatic rings. The van der Waals surface area contributed by atoms with E-state index in [2.05, 4.69) is 86.1 Å². The van der Waals surface area contributed by atoms with Crippen molar-refractivity contribution in [1.82, 2.24) is 10.6 Å². The molecule has 2 N–H and O–H groups in total. The SMILES string of the molecule is C=C(C)C(CC)NCC(CC)CCCC.C=CNCCCC.CC.CCC.CCCCC. The Morgan fingerprint density at radius 1 is 0.781 bits per heavy atom. The van der Waals surface area contributed by atoms with Crippen LogP contribution in [0, 0.1) is 5.92 Å². The molecule has 0 heterocycles. The Kier molecular flexibility index (Phi) is 57.1. The molecule has 2 heteroatoms. The van der Waals surface area contributed by atoms with Crippen molar-refractivity contribution in [1.29, 1.82) is 0 Å². The van der Waals surface area contributed by atoms with Gasteiger partial charge < -0.3 is 10.6 Å². The van der Waals surface area contributed by atoms with Crippen molar-refractivity contribution >= 4 is 0 Å². The van der Waals surface area contributed by atoms with E-state index in [-0.39, 0.29) is 0 Å². The van der Waals surface area contributed by atoms with Gasteiger partial charge in [-0.1, -0.05) is 139 Å². The summed E-state index contributed by atoms with van der Waals surface area (Å²) in [5, 5.41) is 6.64. The molecule has 0 bridgehead atoms. The summed E-state index contributed by atoms with van der Waals surface area (Å²) >= 11 is 0.